The number of nitrogens with zero attached hydrogens (tertiary/aromatic N) is 3. The lowest BCUT2D eigenvalue weighted by molar-refractivity contribution is -0.192. The van der Waals surface area contributed by atoms with Crippen LogP contribution in [0.2, 0.25) is 5.02 Å². The Balaban J connectivity index is 0.000000493. The monoisotopic (exact) mass is 600 g/mol. The molecule has 0 radical (unpaired) electrons. The van der Waals surface area contributed by atoms with Crippen LogP contribution in [0.5, 0.6) is 11.5 Å². The maximum Gasteiger partial charge on any atom is 0.490 e. The molecule has 1 unspecified atom stereocenters. The highest BCUT2D eigenvalue weighted by Crippen LogP contribution is 2.43. The second-order valence-corrected chi connectivity index (χ2v) is 11.1. The Morgan fingerprint density at radius 1 is 1.12 bits per heavy atom. The summed E-state index contributed by atoms with van der Waals surface area (Å²) in [4.78, 5) is 27.0. The van der Waals surface area contributed by atoms with Crippen LogP contribution < -0.4 is 15.0 Å². The number of amides is 2. The van der Waals surface area contributed by atoms with Gasteiger partial charge in [0.25, 0.3) is 0 Å². The Morgan fingerprint density at radius 3 is 2.39 bits per heavy atom. The van der Waals surface area contributed by atoms with Gasteiger partial charge in [-0.15, -0.1) is 0 Å². The first-order valence-corrected chi connectivity index (χ1v) is 13.3. The molecule has 0 saturated carbocycles. The molecule has 4 N–H and O–H groups in total. The average Bonchev–Trinajstić information content (AvgIpc) is 3.45. The van der Waals surface area contributed by atoms with Crippen LogP contribution in [0.1, 0.15) is 18.4 Å². The number of ether oxygens (including phenoxy) is 1. The molecule has 3 aliphatic rings. The Kier molecular flexibility index (Phi) is 8.81. The number of nitrogens with one attached hydrogen (secondary N) is 1. The van der Waals surface area contributed by atoms with Gasteiger partial charge in [-0.2, -0.15) is 13.2 Å². The highest BCUT2D eigenvalue weighted by atomic mass is 35.5. The standard InChI is InChI=1S/C25H31ClN4O4.C2HF3O2/c1-28(2)24(33)27-19-5-4-18(31)12-20(19)30-14-21(22(32)15-30)29-9-7-25(8-10-29)13-16-11-17(26)3-6-23(16)34-25;3-2(4,5)1(6)7/h3-6,11-12,21-22,31-32H,7-10,13-15H2,1-2H3,(H,27,33);(H,6,7)/t21?,22-;/m1./s1. The van der Waals surface area contributed by atoms with E-state index in [-0.39, 0.29) is 23.4 Å². The molecule has 2 fully saturated rings. The van der Waals surface area contributed by atoms with Crippen molar-refractivity contribution >= 4 is 35.0 Å². The Bertz CT molecular complexity index is 1290. The first kappa shape index (κ1) is 30.5. The molecule has 0 bridgehead atoms. The number of hydrogen-bond acceptors (Lipinski definition) is 7. The maximum absolute atomic E-state index is 12.2. The molecule has 0 aromatic heterocycles. The second-order valence-electron chi connectivity index (χ2n) is 10.6. The molecule has 2 atom stereocenters. The number of alkyl halides is 3. The molecule has 2 aromatic rings. The lowest BCUT2D eigenvalue weighted by Crippen LogP contribution is -2.53. The van der Waals surface area contributed by atoms with Crippen molar-refractivity contribution in [1.29, 1.82) is 0 Å². The van der Waals surface area contributed by atoms with Crippen molar-refractivity contribution in [2.24, 2.45) is 0 Å². The van der Waals surface area contributed by atoms with E-state index in [2.05, 4.69) is 10.2 Å². The molecule has 2 saturated heterocycles. The van der Waals surface area contributed by atoms with Gasteiger partial charge in [0.05, 0.1) is 23.5 Å². The summed E-state index contributed by atoms with van der Waals surface area (Å²) in [6, 6.07) is 10.4. The van der Waals surface area contributed by atoms with E-state index in [0.29, 0.717) is 24.5 Å². The fourth-order valence-electron chi connectivity index (χ4n) is 5.38. The number of benzene rings is 2. The number of likely N-dealkylation sites (tertiary alicyclic amines) is 1. The van der Waals surface area contributed by atoms with Crippen molar-refractivity contribution in [2.45, 2.75) is 43.2 Å². The molecule has 41 heavy (non-hydrogen) atoms. The fraction of sp³-hybridized carbons (Fsp3) is 0.481. The summed E-state index contributed by atoms with van der Waals surface area (Å²) in [7, 11) is 3.35. The number of halogens is 4. The topological polar surface area (TPSA) is 126 Å². The number of anilines is 2. The highest BCUT2D eigenvalue weighted by Gasteiger charge is 2.45. The molecule has 0 aliphatic carbocycles. The minimum absolute atomic E-state index is 0.0321. The number of hydrogen-bond donors (Lipinski definition) is 4. The first-order chi connectivity index (χ1) is 19.2. The van der Waals surface area contributed by atoms with Gasteiger partial charge in [-0.3, -0.25) is 4.90 Å². The number of rotatable bonds is 3. The number of carbonyl (C=O) groups excluding carboxylic acids is 1. The van der Waals surface area contributed by atoms with Gasteiger partial charge in [0.2, 0.25) is 0 Å². The zero-order chi connectivity index (χ0) is 30.1. The van der Waals surface area contributed by atoms with E-state index < -0.39 is 18.2 Å². The van der Waals surface area contributed by atoms with E-state index in [4.69, 9.17) is 26.2 Å². The van der Waals surface area contributed by atoms with Crippen LogP contribution in [0.15, 0.2) is 36.4 Å². The number of phenols is 1. The lowest BCUT2D eigenvalue weighted by atomic mass is 9.86. The van der Waals surface area contributed by atoms with E-state index in [9.17, 15) is 28.2 Å². The van der Waals surface area contributed by atoms with Gasteiger partial charge in [0.1, 0.15) is 17.1 Å². The van der Waals surface area contributed by atoms with Gasteiger partial charge in [0.15, 0.2) is 0 Å². The van der Waals surface area contributed by atoms with E-state index in [1.54, 1.807) is 32.3 Å². The Hall–Kier alpha value is -3.42. The molecule has 2 amide bonds. The number of fused-ring (bicyclic) bond motifs is 1. The number of aliphatic hydroxyl groups excluding tert-OH is 1. The van der Waals surface area contributed by atoms with E-state index >= 15 is 0 Å². The van der Waals surface area contributed by atoms with Crippen molar-refractivity contribution in [3.05, 3.63) is 47.0 Å². The minimum Gasteiger partial charge on any atom is -0.508 e. The zero-order valence-corrected chi connectivity index (χ0v) is 23.2. The highest BCUT2D eigenvalue weighted by molar-refractivity contribution is 6.30. The maximum atomic E-state index is 12.2. The SMILES string of the molecule is CN(C)C(=O)Nc1ccc(O)cc1N1CC(N2CCC3(CC2)Cc2cc(Cl)ccc2O3)[C@H](O)C1.O=C(O)C(F)(F)F. The van der Waals surface area contributed by atoms with Crippen LogP contribution in [0.3, 0.4) is 0 Å². The molecule has 224 valence electrons. The number of aromatic hydroxyl groups is 1. The molecule has 2 aromatic carbocycles. The quantitative estimate of drug-likeness (QED) is 0.392. The minimum atomic E-state index is -5.08. The fourth-order valence-corrected chi connectivity index (χ4v) is 5.58. The molecule has 3 heterocycles. The summed E-state index contributed by atoms with van der Waals surface area (Å²) in [5, 5.41) is 31.8. The van der Waals surface area contributed by atoms with Crippen LogP contribution in [0.25, 0.3) is 0 Å². The summed E-state index contributed by atoms with van der Waals surface area (Å²) in [6.45, 7) is 2.71. The summed E-state index contributed by atoms with van der Waals surface area (Å²) >= 11 is 6.17. The van der Waals surface area contributed by atoms with Crippen LogP contribution in [0, 0.1) is 0 Å². The van der Waals surface area contributed by atoms with Crippen molar-refractivity contribution < 1.29 is 42.8 Å². The van der Waals surface area contributed by atoms with Gasteiger partial charge in [-0.05, 0) is 35.9 Å². The summed E-state index contributed by atoms with van der Waals surface area (Å²) in [5.74, 6) is -1.71. The third kappa shape index (κ3) is 7.08. The number of piperidine rings is 1. The van der Waals surface area contributed by atoms with Crippen LogP contribution >= 0.6 is 11.6 Å². The molecular weight excluding hydrogens is 569 g/mol. The normalized spacial score (nSPS) is 21.5. The number of β-amino-alcohol motifs (C(OH)–C–C–N with tert-alkyl or cyclic N) is 1. The van der Waals surface area contributed by atoms with Gasteiger partial charge >= 0.3 is 18.2 Å². The number of carboxylic acid groups (broad SMARTS) is 1. The number of aliphatic carboxylic acids is 1. The predicted molar refractivity (Wildman–Crippen MR) is 146 cm³/mol. The largest absolute Gasteiger partial charge is 0.508 e. The van der Waals surface area contributed by atoms with Gasteiger partial charge in [0, 0.05) is 70.6 Å². The number of carboxylic acids is 1. The van der Waals surface area contributed by atoms with Crippen LogP contribution in [-0.2, 0) is 11.2 Å². The Labute approximate surface area is 239 Å². The Morgan fingerprint density at radius 2 is 1.78 bits per heavy atom. The molecule has 5 rings (SSSR count). The van der Waals surface area contributed by atoms with Crippen LogP contribution in [0.4, 0.5) is 29.3 Å². The van der Waals surface area contributed by atoms with Crippen molar-refractivity contribution in [3.63, 3.8) is 0 Å². The summed E-state index contributed by atoms with van der Waals surface area (Å²) in [5.41, 5.74) is 2.29. The molecular formula is C27H32ClF3N4O6. The number of phenolic OH excluding ortho intramolecular Hbond substituents is 1. The molecule has 14 heteroatoms. The third-order valence-electron chi connectivity index (χ3n) is 7.51. The average molecular weight is 601 g/mol. The summed E-state index contributed by atoms with van der Waals surface area (Å²) in [6.07, 6.45) is -2.97. The van der Waals surface area contributed by atoms with Gasteiger partial charge in [-0.25, -0.2) is 9.59 Å². The zero-order valence-electron chi connectivity index (χ0n) is 22.5. The lowest BCUT2D eigenvalue weighted by Gasteiger charge is -2.41. The third-order valence-corrected chi connectivity index (χ3v) is 7.75. The van der Waals surface area contributed by atoms with Gasteiger partial charge in [-0.1, -0.05) is 11.6 Å². The molecule has 10 nitrogen and oxygen atoms in total. The van der Waals surface area contributed by atoms with E-state index in [0.717, 1.165) is 43.1 Å². The van der Waals surface area contributed by atoms with Crippen LogP contribution in [-0.4, -0.2) is 101 Å². The van der Waals surface area contributed by atoms with E-state index in [1.807, 2.05) is 23.1 Å². The number of urea groups is 1. The van der Waals surface area contributed by atoms with Crippen molar-refractivity contribution in [3.8, 4) is 11.5 Å². The second kappa shape index (κ2) is 11.8. The smallest absolute Gasteiger partial charge is 0.490 e. The number of aliphatic hydroxyl groups is 1. The van der Waals surface area contributed by atoms with Crippen molar-refractivity contribution in [1.82, 2.24) is 9.80 Å². The first-order valence-electron chi connectivity index (χ1n) is 12.9. The van der Waals surface area contributed by atoms with Gasteiger partial charge < -0.3 is 35.2 Å². The predicted octanol–water partition coefficient (Wildman–Crippen LogP) is 3.79. The molecule has 1 spiro atoms. The summed E-state index contributed by atoms with van der Waals surface area (Å²) < 4.78 is 38.1. The van der Waals surface area contributed by atoms with Crippen molar-refractivity contribution in [2.75, 3.05) is 50.5 Å². The van der Waals surface area contributed by atoms with E-state index in [1.165, 1.54) is 10.5 Å². The number of carbonyl (C=O) groups is 2. The molecule has 3 aliphatic heterocycles.